The lowest BCUT2D eigenvalue weighted by Crippen LogP contribution is -2.44. The molecule has 1 amide bonds. The molecule has 200 valence electrons. The average Bonchev–Trinajstić information content (AvgIpc) is 3.18. The number of carboxylic acid groups (broad SMARTS) is 1. The number of esters is 1. The number of carbonyl (C=O) groups excluding carboxylic acids is 1. The highest BCUT2D eigenvalue weighted by Crippen LogP contribution is 2.26. The number of anilines is 2. The summed E-state index contributed by atoms with van der Waals surface area (Å²) in [5.74, 6) is -0.128. The molecule has 1 aliphatic rings. The maximum absolute atomic E-state index is 13.2. The molecule has 1 atom stereocenters. The van der Waals surface area contributed by atoms with E-state index in [0.29, 0.717) is 28.8 Å². The van der Waals surface area contributed by atoms with Gasteiger partial charge in [0.15, 0.2) is 17.2 Å². The molecule has 38 heavy (non-hydrogen) atoms. The predicted molar refractivity (Wildman–Crippen MR) is 143 cm³/mol. The number of nitrogens with zero attached hydrogens (tertiary/aromatic N) is 5. The third kappa shape index (κ3) is 6.38. The van der Waals surface area contributed by atoms with Crippen LogP contribution in [0.15, 0.2) is 24.3 Å². The van der Waals surface area contributed by atoms with E-state index in [9.17, 15) is 20.0 Å². The molecule has 1 saturated heterocycles. The molecule has 0 spiro atoms. The summed E-state index contributed by atoms with van der Waals surface area (Å²) in [5, 5.41) is 31.1. The zero-order valence-electron chi connectivity index (χ0n) is 21.1. The molecule has 0 bridgehead atoms. The van der Waals surface area contributed by atoms with E-state index in [2.05, 4.69) is 26.8 Å². The molecule has 4 rings (SSSR count). The summed E-state index contributed by atoms with van der Waals surface area (Å²) in [6.45, 7) is 6.23. The molecule has 0 radical (unpaired) electrons. The molecule has 0 saturated carbocycles. The zero-order valence-corrected chi connectivity index (χ0v) is 22.6. The first kappa shape index (κ1) is 27.3. The minimum Gasteiger partial charge on any atom is -0.465 e. The fraction of sp³-hybridized carbons (Fsp3) is 0.400. The van der Waals surface area contributed by atoms with Gasteiger partial charge in [-0.2, -0.15) is 5.26 Å². The van der Waals surface area contributed by atoms with E-state index in [-0.39, 0.29) is 41.9 Å². The highest BCUT2D eigenvalue weighted by atomic mass is 35.5. The summed E-state index contributed by atoms with van der Waals surface area (Å²) in [7, 11) is 0. The lowest BCUT2D eigenvalue weighted by Gasteiger charge is -2.31. The van der Waals surface area contributed by atoms with Crippen LogP contribution in [0.4, 0.5) is 16.4 Å². The number of hydrogen-bond acceptors (Lipinski definition) is 8. The van der Waals surface area contributed by atoms with Gasteiger partial charge in [0.05, 0.1) is 0 Å². The van der Waals surface area contributed by atoms with Crippen molar-refractivity contribution >= 4 is 52.5 Å². The first-order valence-electron chi connectivity index (χ1n) is 11.9. The maximum Gasteiger partial charge on any atom is 0.407 e. The van der Waals surface area contributed by atoms with Gasteiger partial charge in [0.1, 0.15) is 23.1 Å². The van der Waals surface area contributed by atoms with Gasteiger partial charge in [-0.3, -0.25) is 0 Å². The van der Waals surface area contributed by atoms with E-state index in [1.165, 1.54) is 15.5 Å². The van der Waals surface area contributed by atoms with Gasteiger partial charge in [-0.05, 0) is 57.4 Å². The first-order valence-corrected chi connectivity index (χ1v) is 12.7. The number of benzene rings is 1. The number of rotatable bonds is 6. The number of aromatic nitrogens is 3. The first-order chi connectivity index (χ1) is 17.9. The lowest BCUT2D eigenvalue weighted by atomic mass is 10.1. The Hall–Kier alpha value is -3.75. The summed E-state index contributed by atoms with van der Waals surface area (Å²) in [6.07, 6.45) is 0.411. The van der Waals surface area contributed by atoms with Crippen molar-refractivity contribution in [3.8, 4) is 6.07 Å². The number of nitriles is 1. The van der Waals surface area contributed by atoms with Crippen molar-refractivity contribution in [1.29, 1.82) is 5.26 Å². The van der Waals surface area contributed by atoms with E-state index >= 15 is 0 Å². The van der Waals surface area contributed by atoms with Gasteiger partial charge in [-0.25, -0.2) is 19.1 Å². The number of hydrogen-bond donors (Lipinski definition) is 3. The van der Waals surface area contributed by atoms with Crippen molar-refractivity contribution in [2.75, 3.05) is 23.7 Å². The van der Waals surface area contributed by atoms with Crippen molar-refractivity contribution in [2.24, 2.45) is 0 Å². The molecule has 3 aromatic rings. The smallest absolute Gasteiger partial charge is 0.407 e. The van der Waals surface area contributed by atoms with Crippen molar-refractivity contribution in [2.45, 2.75) is 51.8 Å². The Morgan fingerprint density at radius 1 is 1.24 bits per heavy atom. The second-order valence-corrected chi connectivity index (χ2v) is 10.8. The van der Waals surface area contributed by atoms with Crippen LogP contribution >= 0.6 is 23.2 Å². The molecule has 3 heterocycles. The highest BCUT2D eigenvalue weighted by Gasteiger charge is 2.27. The Balaban J connectivity index is 1.72. The molecule has 11 nitrogen and oxygen atoms in total. The molecular weight excluding hydrogens is 533 g/mol. The van der Waals surface area contributed by atoms with Gasteiger partial charge >= 0.3 is 12.1 Å². The molecule has 1 aliphatic heterocycles. The zero-order chi connectivity index (χ0) is 27.6. The minimum atomic E-state index is -0.992. The largest absolute Gasteiger partial charge is 0.465 e. The monoisotopic (exact) mass is 559 g/mol. The van der Waals surface area contributed by atoms with Crippen LogP contribution in [0.25, 0.3) is 5.65 Å². The standard InChI is InChI=1S/C25H27Cl2N7O4/c1-25(2,3)38-23(35)19-10-20(30-17-5-4-6-33(13-17)24(36)37)31-22-18(11-28)21(32-34(19)22)29-12-14-7-15(26)9-16(27)8-14/h7-10,17H,4-6,12-13H2,1-3H3,(H,29,32)(H,30,31)(H,36,37)/t17-/m0/s1. The van der Waals surface area contributed by atoms with Crippen LogP contribution in [0.1, 0.15) is 55.2 Å². The summed E-state index contributed by atoms with van der Waals surface area (Å²) >= 11 is 12.2. The van der Waals surface area contributed by atoms with E-state index in [0.717, 1.165) is 12.0 Å². The van der Waals surface area contributed by atoms with Gasteiger partial charge < -0.3 is 25.4 Å². The van der Waals surface area contributed by atoms with Crippen LogP contribution in [-0.2, 0) is 11.3 Å². The van der Waals surface area contributed by atoms with Gasteiger partial charge in [-0.15, -0.1) is 5.10 Å². The SMILES string of the molecule is CC(C)(C)OC(=O)c1cc(N[C@H]2CCCN(C(=O)O)C2)nc2c(C#N)c(NCc3cc(Cl)cc(Cl)c3)nn12. The number of amides is 1. The number of fused-ring (bicyclic) bond motifs is 1. The number of halogens is 2. The van der Waals surface area contributed by atoms with Gasteiger partial charge in [-0.1, -0.05) is 23.2 Å². The van der Waals surface area contributed by atoms with Gasteiger partial charge in [0.25, 0.3) is 0 Å². The number of carbonyl (C=O) groups is 2. The van der Waals surface area contributed by atoms with Crippen LogP contribution in [0.3, 0.4) is 0 Å². The van der Waals surface area contributed by atoms with E-state index in [1.807, 2.05) is 0 Å². The Bertz CT molecular complexity index is 1410. The summed E-state index contributed by atoms with van der Waals surface area (Å²) in [4.78, 5) is 30.5. The predicted octanol–water partition coefficient (Wildman–Crippen LogP) is 5.03. The van der Waals surface area contributed by atoms with Crippen LogP contribution in [0.2, 0.25) is 10.0 Å². The van der Waals surface area contributed by atoms with Crippen molar-refractivity contribution in [3.05, 3.63) is 51.1 Å². The fourth-order valence-corrected chi connectivity index (χ4v) is 4.74. The number of nitrogens with one attached hydrogen (secondary N) is 2. The second-order valence-electron chi connectivity index (χ2n) is 9.94. The minimum absolute atomic E-state index is 0.0636. The molecule has 3 N–H and O–H groups in total. The highest BCUT2D eigenvalue weighted by molar-refractivity contribution is 6.34. The second kappa shape index (κ2) is 10.9. The Labute approximate surface area is 229 Å². The van der Waals surface area contributed by atoms with Crippen LogP contribution in [-0.4, -0.2) is 61.4 Å². The summed E-state index contributed by atoms with van der Waals surface area (Å²) < 4.78 is 6.86. The summed E-state index contributed by atoms with van der Waals surface area (Å²) in [5.41, 5.74) is 0.336. The van der Waals surface area contributed by atoms with Gasteiger partial charge in [0.2, 0.25) is 0 Å². The van der Waals surface area contributed by atoms with Crippen LogP contribution in [0.5, 0.6) is 0 Å². The molecule has 1 aromatic carbocycles. The van der Waals surface area contributed by atoms with Crippen molar-refractivity contribution < 1.29 is 19.4 Å². The van der Waals surface area contributed by atoms with Crippen molar-refractivity contribution in [3.63, 3.8) is 0 Å². The Morgan fingerprint density at radius 3 is 2.58 bits per heavy atom. The normalized spacial score (nSPS) is 15.7. The van der Waals surface area contributed by atoms with E-state index < -0.39 is 17.7 Å². The number of ether oxygens (including phenoxy) is 1. The van der Waals surface area contributed by atoms with Crippen molar-refractivity contribution in [1.82, 2.24) is 19.5 Å². The number of likely N-dealkylation sites (tertiary alicyclic amines) is 1. The van der Waals surface area contributed by atoms with E-state index in [1.54, 1.807) is 39.0 Å². The molecule has 1 fully saturated rings. The topological polar surface area (TPSA) is 145 Å². The fourth-order valence-electron chi connectivity index (χ4n) is 4.17. The average molecular weight is 560 g/mol. The maximum atomic E-state index is 13.2. The quantitative estimate of drug-likeness (QED) is 0.354. The Morgan fingerprint density at radius 2 is 1.95 bits per heavy atom. The molecular formula is C25H27Cl2N7O4. The lowest BCUT2D eigenvalue weighted by molar-refractivity contribution is 0.00596. The molecule has 2 aromatic heterocycles. The summed E-state index contributed by atoms with van der Waals surface area (Å²) in [6, 6.07) is 8.48. The van der Waals surface area contributed by atoms with Gasteiger partial charge in [0, 0.05) is 41.8 Å². The molecule has 0 aliphatic carbocycles. The molecule has 13 heteroatoms. The van der Waals surface area contributed by atoms with E-state index in [4.69, 9.17) is 27.9 Å². The molecule has 0 unspecified atom stereocenters. The third-order valence-electron chi connectivity index (χ3n) is 5.74. The number of piperidine rings is 1. The van der Waals surface area contributed by atoms with Crippen LogP contribution < -0.4 is 10.6 Å². The van der Waals surface area contributed by atoms with Crippen LogP contribution in [0, 0.1) is 11.3 Å². The Kier molecular flexibility index (Phi) is 7.85. The third-order valence-corrected chi connectivity index (χ3v) is 6.17.